The van der Waals surface area contributed by atoms with E-state index in [1.807, 2.05) is 7.05 Å². The van der Waals surface area contributed by atoms with Gasteiger partial charge in [-0.25, -0.2) is 0 Å². The zero-order chi connectivity index (χ0) is 16.1. The summed E-state index contributed by atoms with van der Waals surface area (Å²) in [6.07, 6.45) is 6.97. The monoisotopic (exact) mass is 446 g/mol. The van der Waals surface area contributed by atoms with Crippen LogP contribution in [0.15, 0.2) is 27.8 Å². The highest BCUT2D eigenvalue weighted by molar-refractivity contribution is 14.0. The highest BCUT2D eigenvalue weighted by Gasteiger charge is 2.35. The summed E-state index contributed by atoms with van der Waals surface area (Å²) in [6.45, 7) is 3.43. The molecular formula is C17H27IN4O2. The highest BCUT2D eigenvalue weighted by atomic mass is 127. The molecule has 3 rings (SSSR count). The predicted octanol–water partition coefficient (Wildman–Crippen LogP) is 2.32. The Labute approximate surface area is 160 Å². The van der Waals surface area contributed by atoms with Gasteiger partial charge in [0.1, 0.15) is 0 Å². The van der Waals surface area contributed by atoms with Crippen LogP contribution in [-0.4, -0.2) is 50.0 Å². The third-order valence-electron chi connectivity index (χ3n) is 4.93. The molecule has 0 radical (unpaired) electrons. The fourth-order valence-corrected chi connectivity index (χ4v) is 3.76. The van der Waals surface area contributed by atoms with E-state index in [0.717, 1.165) is 30.9 Å². The lowest BCUT2D eigenvalue weighted by Gasteiger charge is -2.22. The molecule has 6 nitrogen and oxygen atoms in total. The van der Waals surface area contributed by atoms with Gasteiger partial charge in [0.25, 0.3) is 5.91 Å². The number of rotatable bonds is 4. The van der Waals surface area contributed by atoms with E-state index in [9.17, 15) is 4.79 Å². The van der Waals surface area contributed by atoms with Gasteiger partial charge in [0.2, 0.25) is 0 Å². The van der Waals surface area contributed by atoms with E-state index in [1.165, 1.54) is 31.9 Å². The number of furan rings is 1. The van der Waals surface area contributed by atoms with Gasteiger partial charge in [-0.2, -0.15) is 0 Å². The highest BCUT2D eigenvalue weighted by Crippen LogP contribution is 2.35. The number of fused-ring (bicyclic) bond motifs is 1. The second-order valence-corrected chi connectivity index (χ2v) is 6.42. The van der Waals surface area contributed by atoms with Gasteiger partial charge < -0.3 is 20.0 Å². The molecule has 2 aliphatic rings. The van der Waals surface area contributed by atoms with Crippen LogP contribution in [-0.2, 0) is 0 Å². The summed E-state index contributed by atoms with van der Waals surface area (Å²) in [7, 11) is 1.83. The maximum atomic E-state index is 11.8. The van der Waals surface area contributed by atoms with E-state index in [4.69, 9.17) is 4.42 Å². The quantitative estimate of drug-likeness (QED) is 0.323. The molecule has 2 unspecified atom stereocenters. The van der Waals surface area contributed by atoms with Crippen LogP contribution in [0.2, 0.25) is 0 Å². The molecule has 1 saturated heterocycles. The molecule has 1 aliphatic carbocycles. The number of carbonyl (C=O) groups excluding carboxylic acids is 1. The average Bonchev–Trinajstić information content (AvgIpc) is 3.24. The Kier molecular flexibility index (Phi) is 7.39. The van der Waals surface area contributed by atoms with Crippen molar-refractivity contribution >= 4 is 35.8 Å². The van der Waals surface area contributed by atoms with Crippen molar-refractivity contribution in [1.29, 1.82) is 0 Å². The van der Waals surface area contributed by atoms with Gasteiger partial charge in [-0.1, -0.05) is 12.8 Å². The van der Waals surface area contributed by atoms with Crippen LogP contribution >= 0.6 is 24.0 Å². The summed E-state index contributed by atoms with van der Waals surface area (Å²) in [4.78, 5) is 18.5. The normalized spacial score (nSPS) is 23.4. The van der Waals surface area contributed by atoms with E-state index >= 15 is 0 Å². The van der Waals surface area contributed by atoms with Gasteiger partial charge in [-0.15, -0.1) is 24.0 Å². The molecule has 134 valence electrons. The molecule has 1 aromatic heterocycles. The van der Waals surface area contributed by atoms with Crippen LogP contribution < -0.4 is 10.6 Å². The molecule has 0 aromatic carbocycles. The second kappa shape index (κ2) is 9.29. The molecule has 7 heteroatoms. The van der Waals surface area contributed by atoms with Crippen molar-refractivity contribution in [2.45, 2.75) is 25.7 Å². The molecule has 0 bridgehead atoms. The molecule has 0 spiro atoms. The Bertz CT molecular complexity index is 533. The third-order valence-corrected chi connectivity index (χ3v) is 4.93. The number of guanidine groups is 1. The number of nitrogens with one attached hydrogen (secondary N) is 2. The summed E-state index contributed by atoms with van der Waals surface area (Å²) in [5.74, 6) is 2.78. The van der Waals surface area contributed by atoms with Gasteiger partial charge in [0.05, 0.1) is 6.26 Å². The summed E-state index contributed by atoms with van der Waals surface area (Å²) in [6, 6.07) is 3.37. The molecule has 2 heterocycles. The average molecular weight is 446 g/mol. The largest absolute Gasteiger partial charge is 0.459 e. The van der Waals surface area contributed by atoms with E-state index in [0.29, 0.717) is 18.8 Å². The van der Waals surface area contributed by atoms with Crippen molar-refractivity contribution in [2.24, 2.45) is 16.8 Å². The van der Waals surface area contributed by atoms with Crippen LogP contribution in [0, 0.1) is 11.8 Å². The lowest BCUT2D eigenvalue weighted by atomic mass is 9.82. The van der Waals surface area contributed by atoms with Crippen molar-refractivity contribution in [3.05, 3.63) is 24.2 Å². The Morgan fingerprint density at radius 1 is 1.25 bits per heavy atom. The van der Waals surface area contributed by atoms with Crippen molar-refractivity contribution in [1.82, 2.24) is 15.5 Å². The Morgan fingerprint density at radius 2 is 1.92 bits per heavy atom. The number of hydrogen-bond acceptors (Lipinski definition) is 3. The maximum absolute atomic E-state index is 11.8. The summed E-state index contributed by atoms with van der Waals surface area (Å²) in [5.41, 5.74) is 0. The maximum Gasteiger partial charge on any atom is 0.287 e. The van der Waals surface area contributed by atoms with Crippen LogP contribution in [0.1, 0.15) is 36.2 Å². The molecule has 2 N–H and O–H groups in total. The van der Waals surface area contributed by atoms with Gasteiger partial charge >= 0.3 is 0 Å². The number of likely N-dealkylation sites (tertiary alicyclic amines) is 1. The van der Waals surface area contributed by atoms with E-state index in [1.54, 1.807) is 12.1 Å². The minimum absolute atomic E-state index is 0. The predicted molar refractivity (Wildman–Crippen MR) is 105 cm³/mol. The van der Waals surface area contributed by atoms with Gasteiger partial charge in [0.15, 0.2) is 11.7 Å². The first kappa shape index (κ1) is 19.1. The van der Waals surface area contributed by atoms with E-state index in [2.05, 4.69) is 20.5 Å². The topological polar surface area (TPSA) is 69.9 Å². The number of carbonyl (C=O) groups is 1. The molecule has 24 heavy (non-hydrogen) atoms. The summed E-state index contributed by atoms with van der Waals surface area (Å²) in [5, 5.41) is 6.19. The second-order valence-electron chi connectivity index (χ2n) is 6.42. The number of nitrogens with zero attached hydrogens (tertiary/aromatic N) is 2. The molecule has 1 aliphatic heterocycles. The smallest absolute Gasteiger partial charge is 0.287 e. The number of hydrogen-bond donors (Lipinski definition) is 2. The van der Waals surface area contributed by atoms with Crippen molar-refractivity contribution in [3.8, 4) is 0 Å². The number of aliphatic imine (C=N–C) groups is 1. The fraction of sp³-hybridized carbons (Fsp3) is 0.647. The standard InChI is InChI=1S/C17H26N4O2.HI/c1-18-17(21-11-13-5-2-3-6-14(13)12-21)20-9-8-19-16(22)15-7-4-10-23-15;/h4,7,10,13-14H,2-3,5-6,8-9,11-12H2,1H3,(H,18,20)(H,19,22);1H. The summed E-state index contributed by atoms with van der Waals surface area (Å²) < 4.78 is 5.07. The zero-order valence-corrected chi connectivity index (χ0v) is 16.5. The van der Waals surface area contributed by atoms with E-state index in [-0.39, 0.29) is 29.9 Å². The first-order valence-corrected chi connectivity index (χ1v) is 8.55. The fourth-order valence-electron chi connectivity index (χ4n) is 3.76. The number of amides is 1. The Morgan fingerprint density at radius 3 is 2.50 bits per heavy atom. The van der Waals surface area contributed by atoms with Crippen LogP contribution in [0.3, 0.4) is 0 Å². The summed E-state index contributed by atoms with van der Waals surface area (Å²) >= 11 is 0. The first-order valence-electron chi connectivity index (χ1n) is 8.55. The molecule has 1 saturated carbocycles. The molecule has 2 fully saturated rings. The molecule has 1 amide bonds. The lowest BCUT2D eigenvalue weighted by Crippen LogP contribution is -2.43. The van der Waals surface area contributed by atoms with Gasteiger partial charge in [-0.05, 0) is 36.8 Å². The molecule has 1 aromatic rings. The molecule has 2 atom stereocenters. The van der Waals surface area contributed by atoms with Crippen molar-refractivity contribution < 1.29 is 9.21 Å². The van der Waals surface area contributed by atoms with E-state index < -0.39 is 0 Å². The minimum atomic E-state index is -0.182. The lowest BCUT2D eigenvalue weighted by molar-refractivity contribution is 0.0926. The number of halogens is 1. The van der Waals surface area contributed by atoms with Crippen LogP contribution in [0.25, 0.3) is 0 Å². The third kappa shape index (κ3) is 4.64. The zero-order valence-electron chi connectivity index (χ0n) is 14.2. The van der Waals surface area contributed by atoms with Crippen molar-refractivity contribution in [3.63, 3.8) is 0 Å². The Balaban J connectivity index is 0.00000208. The minimum Gasteiger partial charge on any atom is -0.459 e. The van der Waals surface area contributed by atoms with Gasteiger partial charge in [0, 0.05) is 33.2 Å². The van der Waals surface area contributed by atoms with Crippen LogP contribution in [0.5, 0.6) is 0 Å². The first-order chi connectivity index (χ1) is 11.3. The van der Waals surface area contributed by atoms with Crippen LogP contribution in [0.4, 0.5) is 0 Å². The van der Waals surface area contributed by atoms with Gasteiger partial charge in [-0.3, -0.25) is 9.79 Å². The Hall–Kier alpha value is -1.25. The SMILES string of the molecule is CN=C(NCCNC(=O)c1ccco1)N1CC2CCCCC2C1.I. The molecular weight excluding hydrogens is 419 g/mol. The van der Waals surface area contributed by atoms with Crippen molar-refractivity contribution in [2.75, 3.05) is 33.2 Å².